The molecule has 0 spiro atoms. The molecule has 1 amide bonds. The summed E-state index contributed by atoms with van der Waals surface area (Å²) in [6.45, 7) is 5.94. The molecule has 1 N–H and O–H groups in total. The molecule has 1 aromatic heterocycles. The van der Waals surface area contributed by atoms with E-state index in [9.17, 15) is 4.79 Å². The third-order valence-corrected chi connectivity index (χ3v) is 1.71. The van der Waals surface area contributed by atoms with Gasteiger partial charge in [0.15, 0.2) is 0 Å². The summed E-state index contributed by atoms with van der Waals surface area (Å²) in [6.07, 6.45) is 1.84. The predicted octanol–water partition coefficient (Wildman–Crippen LogP) is 1.72. The van der Waals surface area contributed by atoms with Crippen LogP contribution < -0.4 is 5.32 Å². The number of amides is 1. The number of nitrogens with one attached hydrogen (secondary N) is 1. The van der Waals surface area contributed by atoms with Crippen molar-refractivity contribution in [3.05, 3.63) is 18.1 Å². The number of carbonyl (C=O) groups excluding carboxylic acids is 1. The Kier molecular flexibility index (Phi) is 3.56. The highest BCUT2D eigenvalue weighted by Crippen LogP contribution is 2.18. The first-order valence-electron chi connectivity index (χ1n) is 4.94. The molecule has 84 valence electrons. The van der Waals surface area contributed by atoms with E-state index in [1.54, 1.807) is 6.07 Å². The molecule has 0 atom stereocenters. The summed E-state index contributed by atoms with van der Waals surface area (Å²) >= 11 is 0. The zero-order valence-corrected chi connectivity index (χ0v) is 9.61. The Labute approximate surface area is 94.5 Å². The summed E-state index contributed by atoms with van der Waals surface area (Å²) in [5.41, 5.74) is -0.0742. The lowest BCUT2D eigenvalue weighted by atomic mass is 9.92. The van der Waals surface area contributed by atoms with E-state index in [4.69, 9.17) is 5.26 Å². The molecule has 5 heteroatoms. The summed E-state index contributed by atoms with van der Waals surface area (Å²) in [5.74, 6) is 0.296. The molecular formula is C11H14N4O. The number of rotatable bonds is 2. The number of nitrogens with zero attached hydrogens (tertiary/aromatic N) is 3. The van der Waals surface area contributed by atoms with Gasteiger partial charge >= 0.3 is 0 Å². The zero-order valence-electron chi connectivity index (χ0n) is 9.61. The second-order valence-corrected chi connectivity index (χ2v) is 4.66. The topological polar surface area (TPSA) is 78.7 Å². The minimum Gasteiger partial charge on any atom is -0.311 e. The van der Waals surface area contributed by atoms with Crippen molar-refractivity contribution in [3.8, 4) is 6.07 Å². The van der Waals surface area contributed by atoms with Crippen LogP contribution in [-0.2, 0) is 4.79 Å². The fourth-order valence-corrected chi connectivity index (χ4v) is 1.15. The molecule has 1 rings (SSSR count). The largest absolute Gasteiger partial charge is 0.311 e. The fraction of sp³-hybridized carbons (Fsp3) is 0.455. The van der Waals surface area contributed by atoms with Crippen LogP contribution in [0.3, 0.4) is 0 Å². The standard InChI is InChI=1S/C11H14N4O/c1-11(2,3)6-10(16)15-8-4-5-13-9(7-12)14-8/h4-5H,6H2,1-3H3,(H,13,14,15,16). The van der Waals surface area contributed by atoms with Gasteiger partial charge in [0.1, 0.15) is 11.9 Å². The van der Waals surface area contributed by atoms with Crippen LogP contribution in [-0.4, -0.2) is 15.9 Å². The summed E-state index contributed by atoms with van der Waals surface area (Å²) in [7, 11) is 0. The average molecular weight is 218 g/mol. The van der Waals surface area contributed by atoms with Gasteiger partial charge in [0.2, 0.25) is 11.7 Å². The maximum Gasteiger partial charge on any atom is 0.234 e. The molecule has 0 aliphatic carbocycles. The van der Waals surface area contributed by atoms with Crippen LogP contribution in [0.1, 0.15) is 33.0 Å². The Balaban J connectivity index is 2.67. The number of carbonyl (C=O) groups is 1. The van der Waals surface area contributed by atoms with E-state index in [0.29, 0.717) is 12.2 Å². The summed E-state index contributed by atoms with van der Waals surface area (Å²) in [5, 5.41) is 11.2. The lowest BCUT2D eigenvalue weighted by Crippen LogP contribution is -2.20. The lowest BCUT2D eigenvalue weighted by Gasteiger charge is -2.16. The SMILES string of the molecule is CC(C)(C)CC(=O)Nc1ccnc(C#N)n1. The first-order valence-corrected chi connectivity index (χ1v) is 4.94. The second-order valence-electron chi connectivity index (χ2n) is 4.66. The van der Waals surface area contributed by atoms with Crippen molar-refractivity contribution in [3.63, 3.8) is 0 Å². The molecule has 0 unspecified atom stereocenters. The highest BCUT2D eigenvalue weighted by atomic mass is 16.1. The molecule has 0 saturated carbocycles. The van der Waals surface area contributed by atoms with Crippen LogP contribution in [0, 0.1) is 16.7 Å². The van der Waals surface area contributed by atoms with Gasteiger partial charge in [-0.25, -0.2) is 9.97 Å². The van der Waals surface area contributed by atoms with Crippen molar-refractivity contribution in [2.75, 3.05) is 5.32 Å². The van der Waals surface area contributed by atoms with Gasteiger partial charge in [-0.3, -0.25) is 4.79 Å². The number of nitriles is 1. The van der Waals surface area contributed by atoms with Crippen LogP contribution in [0.25, 0.3) is 0 Å². The molecular weight excluding hydrogens is 204 g/mol. The number of hydrogen-bond donors (Lipinski definition) is 1. The first kappa shape index (κ1) is 12.1. The predicted molar refractivity (Wildman–Crippen MR) is 59.4 cm³/mol. The van der Waals surface area contributed by atoms with E-state index in [-0.39, 0.29) is 17.1 Å². The minimum atomic E-state index is -0.116. The highest BCUT2D eigenvalue weighted by molar-refractivity contribution is 5.90. The third-order valence-electron chi connectivity index (χ3n) is 1.71. The second kappa shape index (κ2) is 4.71. The van der Waals surface area contributed by atoms with Crippen molar-refractivity contribution in [2.24, 2.45) is 5.41 Å². The Morgan fingerprint density at radius 3 is 2.81 bits per heavy atom. The van der Waals surface area contributed by atoms with E-state index in [2.05, 4.69) is 15.3 Å². The van der Waals surface area contributed by atoms with Gasteiger partial charge in [0, 0.05) is 12.6 Å². The molecule has 0 fully saturated rings. The van der Waals surface area contributed by atoms with Crippen LogP contribution in [0.4, 0.5) is 5.82 Å². The molecule has 0 aliphatic rings. The molecule has 0 radical (unpaired) electrons. The van der Waals surface area contributed by atoms with Gasteiger partial charge in [-0.15, -0.1) is 0 Å². The first-order chi connectivity index (χ1) is 7.40. The Morgan fingerprint density at radius 1 is 1.56 bits per heavy atom. The highest BCUT2D eigenvalue weighted by Gasteiger charge is 2.16. The maximum absolute atomic E-state index is 11.6. The monoisotopic (exact) mass is 218 g/mol. The summed E-state index contributed by atoms with van der Waals surface area (Å²) in [4.78, 5) is 19.1. The third kappa shape index (κ3) is 4.05. The number of hydrogen-bond acceptors (Lipinski definition) is 4. The smallest absolute Gasteiger partial charge is 0.234 e. The van der Waals surface area contributed by atoms with Crippen molar-refractivity contribution in [2.45, 2.75) is 27.2 Å². The minimum absolute atomic E-state index is 0.0496. The molecule has 0 saturated heterocycles. The zero-order chi connectivity index (χ0) is 12.2. The number of aromatic nitrogens is 2. The van der Waals surface area contributed by atoms with Gasteiger partial charge in [0.25, 0.3) is 0 Å². The quantitative estimate of drug-likeness (QED) is 0.819. The van der Waals surface area contributed by atoms with Crippen molar-refractivity contribution < 1.29 is 4.79 Å². The van der Waals surface area contributed by atoms with E-state index >= 15 is 0 Å². The summed E-state index contributed by atoms with van der Waals surface area (Å²) in [6, 6.07) is 3.37. The summed E-state index contributed by atoms with van der Waals surface area (Å²) < 4.78 is 0. The Bertz CT molecular complexity index is 428. The van der Waals surface area contributed by atoms with Crippen LogP contribution in [0.2, 0.25) is 0 Å². The van der Waals surface area contributed by atoms with Crippen molar-refractivity contribution in [1.82, 2.24) is 9.97 Å². The normalized spacial score (nSPS) is 10.6. The average Bonchev–Trinajstić information content (AvgIpc) is 2.15. The van der Waals surface area contributed by atoms with Crippen LogP contribution in [0.15, 0.2) is 12.3 Å². The molecule has 1 heterocycles. The molecule has 0 aliphatic heterocycles. The van der Waals surface area contributed by atoms with Gasteiger partial charge < -0.3 is 5.32 Å². The van der Waals surface area contributed by atoms with E-state index in [0.717, 1.165) is 0 Å². The number of anilines is 1. The molecule has 0 aromatic carbocycles. The van der Waals surface area contributed by atoms with Crippen LogP contribution in [0.5, 0.6) is 0 Å². The molecule has 0 bridgehead atoms. The van der Waals surface area contributed by atoms with Crippen molar-refractivity contribution in [1.29, 1.82) is 5.26 Å². The van der Waals surface area contributed by atoms with Gasteiger partial charge in [-0.05, 0) is 11.5 Å². The fourth-order valence-electron chi connectivity index (χ4n) is 1.15. The van der Waals surface area contributed by atoms with Gasteiger partial charge in [-0.1, -0.05) is 20.8 Å². The van der Waals surface area contributed by atoms with Gasteiger partial charge in [0.05, 0.1) is 0 Å². The van der Waals surface area contributed by atoms with Crippen LogP contribution >= 0.6 is 0 Å². The molecule has 16 heavy (non-hydrogen) atoms. The van der Waals surface area contributed by atoms with Crippen molar-refractivity contribution >= 4 is 11.7 Å². The van der Waals surface area contributed by atoms with E-state index < -0.39 is 0 Å². The molecule has 5 nitrogen and oxygen atoms in total. The Hall–Kier alpha value is -1.96. The van der Waals surface area contributed by atoms with E-state index in [1.165, 1.54) is 6.20 Å². The molecule has 1 aromatic rings. The van der Waals surface area contributed by atoms with E-state index in [1.807, 2.05) is 26.8 Å². The lowest BCUT2D eigenvalue weighted by molar-refractivity contribution is -0.117. The maximum atomic E-state index is 11.6. The van der Waals surface area contributed by atoms with Gasteiger partial charge in [-0.2, -0.15) is 5.26 Å². The Morgan fingerprint density at radius 2 is 2.25 bits per heavy atom.